The van der Waals surface area contributed by atoms with Crippen LogP contribution in [0.3, 0.4) is 0 Å². The molecule has 0 aliphatic heterocycles. The lowest BCUT2D eigenvalue weighted by Gasteiger charge is -2.18. The zero-order valence-corrected chi connectivity index (χ0v) is 52.0. The fraction of sp³-hybridized carbons (Fsp3) is 0.587. The molecular formula is C75H118O6. The van der Waals surface area contributed by atoms with Crippen LogP contribution in [0.15, 0.2) is 170 Å². The van der Waals surface area contributed by atoms with Crippen LogP contribution in [0.1, 0.15) is 265 Å². The zero-order valence-electron chi connectivity index (χ0n) is 52.0. The van der Waals surface area contributed by atoms with Gasteiger partial charge in [-0.3, -0.25) is 14.4 Å². The summed E-state index contributed by atoms with van der Waals surface area (Å²) in [5.74, 6) is -0.978. The van der Waals surface area contributed by atoms with Crippen molar-refractivity contribution < 1.29 is 28.6 Å². The maximum atomic E-state index is 12.9. The quantitative estimate of drug-likeness (QED) is 0.0261. The lowest BCUT2D eigenvalue weighted by molar-refractivity contribution is -0.167. The van der Waals surface area contributed by atoms with Gasteiger partial charge in [-0.1, -0.05) is 268 Å². The Balaban J connectivity index is 4.35. The minimum atomic E-state index is -0.818. The number of allylic oxidation sites excluding steroid dienone is 28. The van der Waals surface area contributed by atoms with E-state index in [9.17, 15) is 14.4 Å². The number of ether oxygens (including phenoxy) is 3. The Labute approximate surface area is 498 Å². The summed E-state index contributed by atoms with van der Waals surface area (Å²) in [6.45, 7) is 6.24. The average molecular weight is 1120 g/mol. The second kappa shape index (κ2) is 67.3. The van der Waals surface area contributed by atoms with Gasteiger partial charge in [-0.2, -0.15) is 0 Å². The smallest absolute Gasteiger partial charge is 0.306 e. The molecule has 1 unspecified atom stereocenters. The van der Waals surface area contributed by atoms with Crippen molar-refractivity contribution in [3.63, 3.8) is 0 Å². The molecule has 0 spiro atoms. The highest BCUT2D eigenvalue weighted by molar-refractivity contribution is 5.71. The molecule has 0 fully saturated rings. The van der Waals surface area contributed by atoms with Gasteiger partial charge >= 0.3 is 17.9 Å². The van der Waals surface area contributed by atoms with Crippen LogP contribution in [-0.2, 0) is 28.6 Å². The molecule has 0 aromatic heterocycles. The van der Waals surface area contributed by atoms with Crippen molar-refractivity contribution >= 4 is 17.9 Å². The van der Waals surface area contributed by atoms with E-state index in [4.69, 9.17) is 14.2 Å². The standard InChI is InChI=1S/C75H118O6/c1-4-7-10-13-16-19-22-25-27-29-31-32-33-34-35-36-37-38-39-40-41-42-44-45-47-50-53-56-59-62-65-68-74(77)80-71-72(70-79-73(76)67-64-61-58-55-52-49-24-21-18-15-12-9-6-3)81-75(78)69-66-63-60-57-54-51-48-46-43-30-28-26-23-20-17-14-11-8-5-2/h7-12,16-21,25-28,31-32,34-35,37-38,43,46,49,51-52,54,72H,4-6,13-15,22-24,29-30,33,36,39-42,44-45,47-48,50,53,55-71H2,1-3H3/b10-7-,11-8-,12-9-,19-16-,20-17-,21-18-,27-25-,28-26-,32-31-,35-34-,38-37-,46-43-,52-49-,54-51-. The average Bonchev–Trinajstić information content (AvgIpc) is 3.46. The summed E-state index contributed by atoms with van der Waals surface area (Å²) in [6, 6.07) is 0. The number of rotatable bonds is 57. The Morgan fingerprint density at radius 1 is 0.247 bits per heavy atom. The van der Waals surface area contributed by atoms with Crippen molar-refractivity contribution in [3.8, 4) is 0 Å². The van der Waals surface area contributed by atoms with Crippen molar-refractivity contribution in [1.82, 2.24) is 0 Å². The molecular weight excluding hydrogens is 997 g/mol. The number of esters is 3. The Morgan fingerprint density at radius 2 is 0.444 bits per heavy atom. The van der Waals surface area contributed by atoms with Gasteiger partial charge < -0.3 is 14.2 Å². The van der Waals surface area contributed by atoms with Crippen molar-refractivity contribution in [1.29, 1.82) is 0 Å². The topological polar surface area (TPSA) is 78.9 Å². The lowest BCUT2D eigenvalue weighted by atomic mass is 10.0. The molecule has 0 aliphatic carbocycles. The summed E-state index contributed by atoms with van der Waals surface area (Å²) in [4.78, 5) is 38.3. The number of hydrogen-bond donors (Lipinski definition) is 0. The summed E-state index contributed by atoms with van der Waals surface area (Å²) < 4.78 is 16.9. The highest BCUT2D eigenvalue weighted by Crippen LogP contribution is 2.15. The van der Waals surface area contributed by atoms with Gasteiger partial charge in [0.25, 0.3) is 0 Å². The predicted octanol–water partition coefficient (Wildman–Crippen LogP) is 22.7. The highest BCUT2D eigenvalue weighted by atomic mass is 16.6. The third-order valence-electron chi connectivity index (χ3n) is 13.2. The maximum Gasteiger partial charge on any atom is 0.306 e. The Hall–Kier alpha value is -5.23. The molecule has 0 aliphatic rings. The SMILES string of the molecule is CC/C=C\C/C=C\C/C=C\C/C=C\C/C=C\C/C=C\CCCCCCCCCCCCCCC(=O)OCC(COC(=O)CCCCC/C=C\C/C=C\C/C=C\CC)OC(=O)CCCCC/C=C\C/C=C\C/C=C\C/C=C\C/C=C\CC. The van der Waals surface area contributed by atoms with Crippen molar-refractivity contribution in [3.05, 3.63) is 170 Å². The van der Waals surface area contributed by atoms with Gasteiger partial charge in [-0.05, 0) is 148 Å². The fourth-order valence-electron chi connectivity index (χ4n) is 8.43. The van der Waals surface area contributed by atoms with E-state index >= 15 is 0 Å². The third kappa shape index (κ3) is 65.5. The van der Waals surface area contributed by atoms with Gasteiger partial charge in [0, 0.05) is 19.3 Å². The first-order valence-corrected chi connectivity index (χ1v) is 32.6. The van der Waals surface area contributed by atoms with E-state index < -0.39 is 6.10 Å². The molecule has 0 amide bonds. The van der Waals surface area contributed by atoms with E-state index in [1.807, 2.05) is 0 Å². The first kappa shape index (κ1) is 75.8. The molecule has 6 nitrogen and oxygen atoms in total. The summed E-state index contributed by atoms with van der Waals surface area (Å²) in [5.41, 5.74) is 0. The van der Waals surface area contributed by atoms with Crippen LogP contribution >= 0.6 is 0 Å². The first-order valence-electron chi connectivity index (χ1n) is 32.6. The number of carbonyl (C=O) groups is 3. The molecule has 0 saturated carbocycles. The van der Waals surface area contributed by atoms with Crippen LogP contribution in [-0.4, -0.2) is 37.2 Å². The highest BCUT2D eigenvalue weighted by Gasteiger charge is 2.19. The second-order valence-electron chi connectivity index (χ2n) is 20.9. The minimum absolute atomic E-state index is 0.109. The summed E-state index contributed by atoms with van der Waals surface area (Å²) in [7, 11) is 0. The summed E-state index contributed by atoms with van der Waals surface area (Å²) in [6.07, 6.45) is 99.4. The third-order valence-corrected chi connectivity index (χ3v) is 13.2. The van der Waals surface area contributed by atoms with E-state index in [0.717, 1.165) is 154 Å². The van der Waals surface area contributed by atoms with E-state index in [2.05, 4.69) is 191 Å². The van der Waals surface area contributed by atoms with Crippen LogP contribution in [0.2, 0.25) is 0 Å². The van der Waals surface area contributed by atoms with Crippen LogP contribution in [0.4, 0.5) is 0 Å². The maximum absolute atomic E-state index is 12.9. The summed E-state index contributed by atoms with van der Waals surface area (Å²) in [5, 5.41) is 0. The predicted molar refractivity (Wildman–Crippen MR) is 352 cm³/mol. The zero-order chi connectivity index (χ0) is 58.5. The van der Waals surface area contributed by atoms with E-state index in [0.29, 0.717) is 19.3 Å². The molecule has 0 aromatic rings. The van der Waals surface area contributed by atoms with Crippen molar-refractivity contribution in [2.45, 2.75) is 271 Å². The fourth-order valence-corrected chi connectivity index (χ4v) is 8.43. The van der Waals surface area contributed by atoms with E-state index in [-0.39, 0.29) is 37.5 Å². The number of hydrogen-bond acceptors (Lipinski definition) is 6. The minimum Gasteiger partial charge on any atom is -0.462 e. The van der Waals surface area contributed by atoms with Gasteiger partial charge in [0.05, 0.1) is 0 Å². The molecule has 6 heteroatoms. The Bertz CT molecular complexity index is 1860. The largest absolute Gasteiger partial charge is 0.462 e. The monoisotopic (exact) mass is 1110 g/mol. The van der Waals surface area contributed by atoms with Crippen LogP contribution in [0.5, 0.6) is 0 Å². The summed E-state index contributed by atoms with van der Waals surface area (Å²) >= 11 is 0. The van der Waals surface area contributed by atoms with Gasteiger partial charge in [-0.15, -0.1) is 0 Å². The van der Waals surface area contributed by atoms with Crippen LogP contribution in [0, 0.1) is 0 Å². The molecule has 0 rings (SSSR count). The molecule has 0 aromatic carbocycles. The lowest BCUT2D eigenvalue weighted by Crippen LogP contribution is -2.30. The molecule has 454 valence electrons. The molecule has 0 heterocycles. The van der Waals surface area contributed by atoms with E-state index in [1.54, 1.807) is 0 Å². The molecule has 0 N–H and O–H groups in total. The van der Waals surface area contributed by atoms with Gasteiger partial charge in [-0.25, -0.2) is 0 Å². The second-order valence-corrected chi connectivity index (χ2v) is 20.9. The Kier molecular flexibility index (Phi) is 62.9. The molecule has 81 heavy (non-hydrogen) atoms. The van der Waals surface area contributed by atoms with E-state index in [1.165, 1.54) is 64.2 Å². The van der Waals surface area contributed by atoms with Crippen molar-refractivity contribution in [2.24, 2.45) is 0 Å². The molecule has 1 atom stereocenters. The van der Waals surface area contributed by atoms with Gasteiger partial charge in [0.15, 0.2) is 6.10 Å². The van der Waals surface area contributed by atoms with Gasteiger partial charge in [0.2, 0.25) is 0 Å². The van der Waals surface area contributed by atoms with Crippen LogP contribution in [0.25, 0.3) is 0 Å². The van der Waals surface area contributed by atoms with Gasteiger partial charge in [0.1, 0.15) is 13.2 Å². The Morgan fingerprint density at radius 3 is 0.704 bits per heavy atom. The molecule has 0 bridgehead atoms. The first-order chi connectivity index (χ1) is 40.0. The number of carbonyl (C=O) groups excluding carboxylic acids is 3. The van der Waals surface area contributed by atoms with Crippen LogP contribution < -0.4 is 0 Å². The molecule has 0 radical (unpaired) electrons. The normalized spacial score (nSPS) is 13.3. The number of unbranched alkanes of at least 4 members (excludes halogenated alkanes) is 18. The van der Waals surface area contributed by atoms with Crippen molar-refractivity contribution in [2.75, 3.05) is 13.2 Å². The molecule has 0 saturated heterocycles.